The number of aryl methyl sites for hydroxylation is 1. The average Bonchev–Trinajstić information content (AvgIpc) is 2.20. The number of hydrogen-bond donors (Lipinski definition) is 1. The van der Waals surface area contributed by atoms with Crippen molar-refractivity contribution in [1.82, 2.24) is 0 Å². The molecule has 0 saturated heterocycles. The van der Waals surface area contributed by atoms with E-state index < -0.39 is 5.97 Å². The lowest BCUT2D eigenvalue weighted by molar-refractivity contribution is -0.137. The monoisotopic (exact) mass is 220 g/mol. The molecule has 2 heteroatoms. The lowest BCUT2D eigenvalue weighted by Crippen LogP contribution is -2.06. The Hall–Kier alpha value is -1.31. The van der Waals surface area contributed by atoms with Gasteiger partial charge in [-0.1, -0.05) is 44.5 Å². The van der Waals surface area contributed by atoms with E-state index in [0.29, 0.717) is 0 Å². The number of carboxylic acid groups (broad SMARTS) is 1. The van der Waals surface area contributed by atoms with E-state index in [-0.39, 0.29) is 12.3 Å². The maximum absolute atomic E-state index is 10.5. The Morgan fingerprint density at radius 3 is 2.31 bits per heavy atom. The predicted octanol–water partition coefficient (Wildman–Crippen LogP) is 3.29. The molecule has 0 amide bonds. The van der Waals surface area contributed by atoms with Crippen molar-refractivity contribution in [2.75, 3.05) is 0 Å². The standard InChI is InChI=1S/C14H20O2/c1-3-4-12-5-7-13(8-6-12)9-11(2)10-14(15)16/h5-8,11H,3-4,9-10H2,1-2H3,(H,15,16). The first-order valence-electron chi connectivity index (χ1n) is 5.91. The number of carbonyl (C=O) groups is 1. The van der Waals surface area contributed by atoms with Gasteiger partial charge in [0, 0.05) is 6.42 Å². The maximum Gasteiger partial charge on any atom is 0.303 e. The lowest BCUT2D eigenvalue weighted by atomic mass is 9.97. The lowest BCUT2D eigenvalue weighted by Gasteiger charge is -2.09. The van der Waals surface area contributed by atoms with Crippen molar-refractivity contribution in [2.45, 2.75) is 39.5 Å². The smallest absolute Gasteiger partial charge is 0.303 e. The van der Waals surface area contributed by atoms with E-state index in [4.69, 9.17) is 5.11 Å². The molecule has 0 aliphatic heterocycles. The van der Waals surface area contributed by atoms with Crippen LogP contribution in [0.4, 0.5) is 0 Å². The van der Waals surface area contributed by atoms with Crippen LogP contribution in [0, 0.1) is 5.92 Å². The summed E-state index contributed by atoms with van der Waals surface area (Å²) in [5.41, 5.74) is 2.59. The molecule has 0 saturated carbocycles. The highest BCUT2D eigenvalue weighted by molar-refractivity contribution is 5.67. The van der Waals surface area contributed by atoms with Crippen LogP contribution in [0.5, 0.6) is 0 Å². The van der Waals surface area contributed by atoms with Crippen molar-refractivity contribution >= 4 is 5.97 Å². The summed E-state index contributed by atoms with van der Waals surface area (Å²) in [6, 6.07) is 8.52. The van der Waals surface area contributed by atoms with E-state index in [1.807, 2.05) is 6.92 Å². The van der Waals surface area contributed by atoms with E-state index in [2.05, 4.69) is 31.2 Å². The molecule has 16 heavy (non-hydrogen) atoms. The van der Waals surface area contributed by atoms with Gasteiger partial charge in [0.1, 0.15) is 0 Å². The molecule has 0 heterocycles. The second-order valence-corrected chi connectivity index (χ2v) is 4.47. The van der Waals surface area contributed by atoms with Crippen LogP contribution in [0.3, 0.4) is 0 Å². The molecule has 1 rings (SSSR count). The van der Waals surface area contributed by atoms with Gasteiger partial charge in [0.2, 0.25) is 0 Å². The Morgan fingerprint density at radius 1 is 1.25 bits per heavy atom. The van der Waals surface area contributed by atoms with Gasteiger partial charge in [0.25, 0.3) is 0 Å². The van der Waals surface area contributed by atoms with Crippen molar-refractivity contribution in [3.63, 3.8) is 0 Å². The predicted molar refractivity (Wildman–Crippen MR) is 65.6 cm³/mol. The molecule has 1 N–H and O–H groups in total. The summed E-state index contributed by atoms with van der Waals surface area (Å²) in [4.78, 5) is 10.5. The van der Waals surface area contributed by atoms with Crippen LogP contribution in [0.1, 0.15) is 37.8 Å². The Kier molecular flexibility index (Phi) is 5.03. The molecular formula is C14H20O2. The van der Waals surface area contributed by atoms with Crippen LogP contribution in [0.2, 0.25) is 0 Å². The van der Waals surface area contributed by atoms with Gasteiger partial charge < -0.3 is 5.11 Å². The van der Waals surface area contributed by atoms with E-state index >= 15 is 0 Å². The zero-order valence-electron chi connectivity index (χ0n) is 10.1. The summed E-state index contributed by atoms with van der Waals surface area (Å²) in [5, 5.41) is 8.68. The van der Waals surface area contributed by atoms with Crippen LogP contribution in [-0.2, 0) is 17.6 Å². The van der Waals surface area contributed by atoms with Crippen molar-refractivity contribution < 1.29 is 9.90 Å². The molecule has 1 atom stereocenters. The fourth-order valence-electron chi connectivity index (χ4n) is 1.90. The third kappa shape index (κ3) is 4.47. The zero-order chi connectivity index (χ0) is 12.0. The Labute approximate surface area is 97.3 Å². The molecule has 0 spiro atoms. The van der Waals surface area contributed by atoms with Crippen molar-refractivity contribution in [1.29, 1.82) is 0 Å². The Balaban J connectivity index is 2.51. The fraction of sp³-hybridized carbons (Fsp3) is 0.500. The molecule has 2 nitrogen and oxygen atoms in total. The number of benzene rings is 1. The number of rotatable bonds is 6. The summed E-state index contributed by atoms with van der Waals surface area (Å²) >= 11 is 0. The van der Waals surface area contributed by atoms with Gasteiger partial charge in [0.05, 0.1) is 0 Å². The summed E-state index contributed by atoms with van der Waals surface area (Å²) in [6.45, 7) is 4.15. The molecule has 0 radical (unpaired) electrons. The average molecular weight is 220 g/mol. The number of carboxylic acids is 1. The molecule has 1 unspecified atom stereocenters. The second kappa shape index (κ2) is 6.31. The van der Waals surface area contributed by atoms with Crippen molar-refractivity contribution in [3.8, 4) is 0 Å². The largest absolute Gasteiger partial charge is 0.481 e. The van der Waals surface area contributed by atoms with Crippen LogP contribution in [-0.4, -0.2) is 11.1 Å². The fourth-order valence-corrected chi connectivity index (χ4v) is 1.90. The molecule has 0 aliphatic rings. The van der Waals surface area contributed by atoms with Gasteiger partial charge >= 0.3 is 5.97 Å². The third-order valence-electron chi connectivity index (χ3n) is 2.67. The highest BCUT2D eigenvalue weighted by Gasteiger charge is 2.08. The summed E-state index contributed by atoms with van der Waals surface area (Å²) < 4.78 is 0. The molecule has 1 aromatic carbocycles. The SMILES string of the molecule is CCCc1ccc(CC(C)CC(=O)O)cc1. The van der Waals surface area contributed by atoms with E-state index in [9.17, 15) is 4.79 Å². The zero-order valence-corrected chi connectivity index (χ0v) is 10.1. The van der Waals surface area contributed by atoms with Crippen LogP contribution < -0.4 is 0 Å². The van der Waals surface area contributed by atoms with Crippen LogP contribution >= 0.6 is 0 Å². The third-order valence-corrected chi connectivity index (χ3v) is 2.67. The van der Waals surface area contributed by atoms with Gasteiger partial charge in [0.15, 0.2) is 0 Å². The van der Waals surface area contributed by atoms with E-state index in [1.54, 1.807) is 0 Å². The van der Waals surface area contributed by atoms with Gasteiger partial charge in [-0.2, -0.15) is 0 Å². The summed E-state index contributed by atoms with van der Waals surface area (Å²) in [7, 11) is 0. The molecule has 88 valence electrons. The molecule has 0 fully saturated rings. The quantitative estimate of drug-likeness (QED) is 0.798. The van der Waals surface area contributed by atoms with Crippen molar-refractivity contribution in [3.05, 3.63) is 35.4 Å². The van der Waals surface area contributed by atoms with Crippen LogP contribution in [0.15, 0.2) is 24.3 Å². The van der Waals surface area contributed by atoms with E-state index in [0.717, 1.165) is 19.3 Å². The van der Waals surface area contributed by atoms with E-state index in [1.165, 1.54) is 11.1 Å². The highest BCUT2D eigenvalue weighted by atomic mass is 16.4. The molecule has 0 bridgehead atoms. The molecular weight excluding hydrogens is 200 g/mol. The maximum atomic E-state index is 10.5. The first kappa shape index (κ1) is 12.8. The minimum absolute atomic E-state index is 0.203. The highest BCUT2D eigenvalue weighted by Crippen LogP contribution is 2.13. The normalized spacial score (nSPS) is 12.4. The topological polar surface area (TPSA) is 37.3 Å². The van der Waals surface area contributed by atoms with Gasteiger partial charge in [-0.3, -0.25) is 4.79 Å². The molecule has 0 aliphatic carbocycles. The Morgan fingerprint density at radius 2 is 1.81 bits per heavy atom. The minimum atomic E-state index is -0.713. The Bertz CT molecular complexity index is 327. The number of aliphatic carboxylic acids is 1. The second-order valence-electron chi connectivity index (χ2n) is 4.47. The van der Waals surface area contributed by atoms with Crippen molar-refractivity contribution in [2.24, 2.45) is 5.92 Å². The molecule has 1 aromatic rings. The summed E-state index contributed by atoms with van der Waals surface area (Å²) in [6.07, 6.45) is 3.37. The minimum Gasteiger partial charge on any atom is -0.481 e. The first-order chi connectivity index (χ1) is 7.61. The molecule has 0 aromatic heterocycles. The summed E-state index contributed by atoms with van der Waals surface area (Å²) in [5.74, 6) is -0.510. The van der Waals surface area contributed by atoms with Gasteiger partial charge in [-0.05, 0) is 29.9 Å². The number of hydrogen-bond acceptors (Lipinski definition) is 1. The van der Waals surface area contributed by atoms with Crippen LogP contribution in [0.25, 0.3) is 0 Å². The first-order valence-corrected chi connectivity index (χ1v) is 5.91. The van der Waals surface area contributed by atoms with Gasteiger partial charge in [-0.15, -0.1) is 0 Å². The van der Waals surface area contributed by atoms with Gasteiger partial charge in [-0.25, -0.2) is 0 Å².